The maximum Gasteiger partial charge on any atom is 0.135 e. The van der Waals surface area contributed by atoms with Gasteiger partial charge in [0.15, 0.2) is 0 Å². The molecule has 102 valence electrons. The lowest BCUT2D eigenvalue weighted by Gasteiger charge is -2.16. The minimum Gasteiger partial charge on any atom is -0.491 e. The zero-order valence-electron chi connectivity index (χ0n) is 11.5. The summed E-state index contributed by atoms with van der Waals surface area (Å²) >= 11 is 0. The maximum atomic E-state index is 8.83. The molecule has 0 amide bonds. The highest BCUT2D eigenvalue weighted by Gasteiger charge is 2.17. The lowest BCUT2D eigenvalue weighted by atomic mass is 10.1. The van der Waals surface area contributed by atoms with Crippen LogP contribution in [0.15, 0.2) is 54.6 Å². The average Bonchev–Trinajstić information content (AvgIpc) is 2.48. The van der Waals surface area contributed by atoms with Gasteiger partial charge < -0.3 is 10.5 Å². The first kappa shape index (κ1) is 14.1. The van der Waals surface area contributed by atoms with Crippen LogP contribution in [0.25, 0.3) is 0 Å². The van der Waals surface area contributed by atoms with Crippen LogP contribution < -0.4 is 10.5 Å². The second kappa shape index (κ2) is 6.23. The summed E-state index contributed by atoms with van der Waals surface area (Å²) in [6.45, 7) is 1.83. The highest BCUT2D eigenvalue weighted by Crippen LogP contribution is 2.16. The Morgan fingerprint density at radius 3 is 2.25 bits per heavy atom. The first-order valence-corrected chi connectivity index (χ1v) is 6.55. The Balaban J connectivity index is 1.95. The molecule has 0 radical (unpaired) electrons. The SMILES string of the molecule is CC(N)(C#N)COc1ccc(Cc2ccccc2)cc1. The standard InChI is InChI=1S/C17H18N2O/c1-17(19,12-18)13-20-16-9-7-15(8-10-16)11-14-5-3-2-4-6-14/h2-10H,11,13,19H2,1H3. The molecule has 2 aromatic rings. The van der Waals surface area contributed by atoms with Gasteiger partial charge in [-0.15, -0.1) is 0 Å². The van der Waals surface area contributed by atoms with Gasteiger partial charge in [-0.25, -0.2) is 0 Å². The fourth-order valence-corrected chi connectivity index (χ4v) is 1.80. The van der Waals surface area contributed by atoms with Gasteiger partial charge in [0.25, 0.3) is 0 Å². The average molecular weight is 266 g/mol. The van der Waals surface area contributed by atoms with Gasteiger partial charge in [0.2, 0.25) is 0 Å². The van der Waals surface area contributed by atoms with Crippen LogP contribution in [0.1, 0.15) is 18.1 Å². The molecule has 3 nitrogen and oxygen atoms in total. The molecular weight excluding hydrogens is 248 g/mol. The maximum absolute atomic E-state index is 8.83. The van der Waals surface area contributed by atoms with E-state index in [0.29, 0.717) is 0 Å². The molecular formula is C17H18N2O. The second-order valence-corrected chi connectivity index (χ2v) is 5.12. The second-order valence-electron chi connectivity index (χ2n) is 5.12. The molecule has 1 atom stereocenters. The minimum absolute atomic E-state index is 0.182. The summed E-state index contributed by atoms with van der Waals surface area (Å²) in [5.41, 5.74) is 7.25. The van der Waals surface area contributed by atoms with Crippen molar-refractivity contribution in [3.05, 3.63) is 65.7 Å². The van der Waals surface area contributed by atoms with Crippen molar-refractivity contribution in [3.63, 3.8) is 0 Å². The van der Waals surface area contributed by atoms with Gasteiger partial charge in [0.05, 0.1) is 6.07 Å². The van der Waals surface area contributed by atoms with E-state index >= 15 is 0 Å². The van der Waals surface area contributed by atoms with Crippen molar-refractivity contribution in [1.29, 1.82) is 5.26 Å². The molecule has 0 fully saturated rings. The lowest BCUT2D eigenvalue weighted by molar-refractivity contribution is 0.264. The van der Waals surface area contributed by atoms with Gasteiger partial charge in [0.1, 0.15) is 17.9 Å². The lowest BCUT2D eigenvalue weighted by Crippen LogP contribution is -2.40. The Morgan fingerprint density at radius 2 is 1.65 bits per heavy atom. The number of benzene rings is 2. The number of hydrogen-bond acceptors (Lipinski definition) is 3. The normalized spacial score (nSPS) is 13.2. The summed E-state index contributed by atoms with van der Waals surface area (Å²) in [4.78, 5) is 0. The summed E-state index contributed by atoms with van der Waals surface area (Å²) in [6, 6.07) is 20.2. The number of ether oxygens (including phenoxy) is 1. The Labute approximate surface area is 119 Å². The summed E-state index contributed by atoms with van der Waals surface area (Å²) in [6.07, 6.45) is 0.897. The van der Waals surface area contributed by atoms with Crippen LogP contribution in [-0.4, -0.2) is 12.1 Å². The van der Waals surface area contributed by atoms with Crippen LogP contribution in [0.2, 0.25) is 0 Å². The predicted octanol–water partition coefficient (Wildman–Crippen LogP) is 2.90. The minimum atomic E-state index is -0.956. The zero-order chi connectivity index (χ0) is 14.4. The van der Waals surface area contributed by atoms with E-state index in [1.165, 1.54) is 11.1 Å². The van der Waals surface area contributed by atoms with Gasteiger partial charge in [-0.3, -0.25) is 0 Å². The molecule has 2 aromatic carbocycles. The van der Waals surface area contributed by atoms with Crippen LogP contribution in [-0.2, 0) is 6.42 Å². The molecule has 20 heavy (non-hydrogen) atoms. The molecule has 0 saturated heterocycles. The molecule has 0 spiro atoms. The Hall–Kier alpha value is -2.31. The highest BCUT2D eigenvalue weighted by molar-refractivity contribution is 5.31. The molecule has 0 aliphatic heterocycles. The number of nitriles is 1. The van der Waals surface area contributed by atoms with E-state index in [9.17, 15) is 0 Å². The highest BCUT2D eigenvalue weighted by atomic mass is 16.5. The number of rotatable bonds is 5. The molecule has 0 heterocycles. The first-order chi connectivity index (χ1) is 9.59. The van der Waals surface area contributed by atoms with Crippen molar-refractivity contribution in [2.45, 2.75) is 18.9 Å². The van der Waals surface area contributed by atoms with E-state index in [1.54, 1.807) is 6.92 Å². The molecule has 3 heteroatoms. The van der Waals surface area contributed by atoms with Crippen molar-refractivity contribution in [2.24, 2.45) is 5.73 Å². The van der Waals surface area contributed by atoms with Crippen molar-refractivity contribution in [3.8, 4) is 11.8 Å². The van der Waals surface area contributed by atoms with E-state index in [-0.39, 0.29) is 6.61 Å². The number of nitrogens with two attached hydrogens (primary N) is 1. The van der Waals surface area contributed by atoms with Crippen LogP contribution in [0, 0.1) is 11.3 Å². The molecule has 0 aliphatic carbocycles. The third-order valence-corrected chi connectivity index (χ3v) is 2.97. The fourth-order valence-electron chi connectivity index (χ4n) is 1.80. The van der Waals surface area contributed by atoms with Gasteiger partial charge in [-0.2, -0.15) is 5.26 Å². The topological polar surface area (TPSA) is 59.0 Å². The van der Waals surface area contributed by atoms with Crippen molar-refractivity contribution in [1.82, 2.24) is 0 Å². The van der Waals surface area contributed by atoms with Gasteiger partial charge in [-0.1, -0.05) is 42.5 Å². The largest absolute Gasteiger partial charge is 0.491 e. The molecule has 0 aliphatic rings. The van der Waals surface area contributed by atoms with E-state index < -0.39 is 5.54 Å². The zero-order valence-corrected chi connectivity index (χ0v) is 11.5. The Kier molecular flexibility index (Phi) is 4.39. The number of nitrogens with zero attached hydrogens (tertiary/aromatic N) is 1. The van der Waals surface area contributed by atoms with Gasteiger partial charge >= 0.3 is 0 Å². The van der Waals surface area contributed by atoms with E-state index in [0.717, 1.165) is 12.2 Å². The monoisotopic (exact) mass is 266 g/mol. The quantitative estimate of drug-likeness (QED) is 0.905. The molecule has 2 rings (SSSR count). The van der Waals surface area contributed by atoms with Crippen molar-refractivity contribution < 1.29 is 4.74 Å². The molecule has 0 bridgehead atoms. The first-order valence-electron chi connectivity index (χ1n) is 6.55. The van der Waals surface area contributed by atoms with Gasteiger partial charge in [-0.05, 0) is 36.6 Å². The molecule has 0 saturated carbocycles. The predicted molar refractivity (Wildman–Crippen MR) is 79.4 cm³/mol. The summed E-state index contributed by atoms with van der Waals surface area (Å²) < 4.78 is 5.52. The number of hydrogen-bond donors (Lipinski definition) is 1. The smallest absolute Gasteiger partial charge is 0.135 e. The molecule has 2 N–H and O–H groups in total. The van der Waals surface area contributed by atoms with Crippen LogP contribution >= 0.6 is 0 Å². The fraction of sp³-hybridized carbons (Fsp3) is 0.235. The summed E-state index contributed by atoms with van der Waals surface area (Å²) in [5, 5.41) is 8.83. The Bertz CT molecular complexity index is 583. The third kappa shape index (κ3) is 4.11. The van der Waals surface area contributed by atoms with E-state index in [4.69, 9.17) is 15.7 Å². The third-order valence-electron chi connectivity index (χ3n) is 2.97. The summed E-state index contributed by atoms with van der Waals surface area (Å²) in [7, 11) is 0. The van der Waals surface area contributed by atoms with Crippen LogP contribution in [0.3, 0.4) is 0 Å². The van der Waals surface area contributed by atoms with Crippen molar-refractivity contribution in [2.75, 3.05) is 6.61 Å². The van der Waals surface area contributed by atoms with Crippen molar-refractivity contribution >= 4 is 0 Å². The molecule has 1 unspecified atom stereocenters. The van der Waals surface area contributed by atoms with E-state index in [1.807, 2.05) is 48.5 Å². The Morgan fingerprint density at radius 1 is 1.05 bits per heavy atom. The van der Waals surface area contributed by atoms with Gasteiger partial charge in [0, 0.05) is 0 Å². The molecule has 0 aromatic heterocycles. The summed E-state index contributed by atoms with van der Waals surface area (Å²) in [5.74, 6) is 0.730. The van der Waals surface area contributed by atoms with Crippen LogP contribution in [0.4, 0.5) is 0 Å². The van der Waals surface area contributed by atoms with Crippen LogP contribution in [0.5, 0.6) is 5.75 Å². The van der Waals surface area contributed by atoms with E-state index in [2.05, 4.69) is 12.1 Å².